The normalized spacial score (nSPS) is 55.8. The van der Waals surface area contributed by atoms with Gasteiger partial charge in [0.1, 0.15) is 5.78 Å². The fourth-order valence-electron chi connectivity index (χ4n) is 9.11. The zero-order chi connectivity index (χ0) is 20.8. The molecule has 1 N–H and O–H groups in total. The van der Waals surface area contributed by atoms with Crippen molar-refractivity contribution in [3.05, 3.63) is 11.6 Å². The van der Waals surface area contributed by atoms with E-state index in [2.05, 4.69) is 41.5 Å². The van der Waals surface area contributed by atoms with Gasteiger partial charge in [-0.15, -0.1) is 0 Å². The Bertz CT molecular complexity index is 753. The van der Waals surface area contributed by atoms with Crippen molar-refractivity contribution in [2.45, 2.75) is 80.3 Å². The molecule has 0 aromatic carbocycles. The number of carbonyl (C=O) groups excluding carboxylic acids is 2. The van der Waals surface area contributed by atoms with E-state index in [1.807, 2.05) is 6.08 Å². The smallest absolute Gasteiger partial charge is 0.155 e. The summed E-state index contributed by atoms with van der Waals surface area (Å²) in [4.78, 5) is 24.9. The molecule has 0 spiro atoms. The first-order chi connectivity index (χ1) is 12.9. The van der Waals surface area contributed by atoms with Crippen LogP contribution in [0.2, 0.25) is 0 Å². The van der Waals surface area contributed by atoms with Gasteiger partial charge in [0.25, 0.3) is 0 Å². The molecular formula is C25H38O3. The van der Waals surface area contributed by atoms with Crippen LogP contribution in [0, 0.1) is 51.8 Å². The molecular weight excluding hydrogens is 348 g/mol. The van der Waals surface area contributed by atoms with Crippen LogP contribution in [0.1, 0.15) is 74.1 Å². The van der Waals surface area contributed by atoms with Gasteiger partial charge in [0, 0.05) is 12.3 Å². The van der Waals surface area contributed by atoms with Gasteiger partial charge in [0.05, 0.1) is 6.10 Å². The lowest BCUT2D eigenvalue weighted by molar-refractivity contribution is -0.178. The third-order valence-electron chi connectivity index (χ3n) is 10.6. The van der Waals surface area contributed by atoms with Gasteiger partial charge >= 0.3 is 0 Å². The van der Waals surface area contributed by atoms with Crippen LogP contribution < -0.4 is 0 Å². The molecule has 4 aliphatic rings. The topological polar surface area (TPSA) is 54.4 Å². The van der Waals surface area contributed by atoms with E-state index in [1.54, 1.807) is 6.92 Å². The number of aliphatic hydroxyl groups is 1. The summed E-state index contributed by atoms with van der Waals surface area (Å²) >= 11 is 0. The zero-order valence-electron chi connectivity index (χ0n) is 18.7. The summed E-state index contributed by atoms with van der Waals surface area (Å²) in [6, 6.07) is 0. The molecule has 4 unspecified atom stereocenters. The van der Waals surface area contributed by atoms with Crippen LogP contribution >= 0.6 is 0 Å². The Morgan fingerprint density at radius 1 is 1.07 bits per heavy atom. The standard InChI is InChI=1S/C25H38O3/c1-13-8-20-19-11-21(28)22(16(4)26)23(19,5)12-15(3)25(20,7)24(6)14(2)9-17(27)10-18(13)24/h10,13-15,19-22,28H,8-9,11-12H2,1-7H3/t13-,14?,15-,19?,20?,21?,22-,23-,24-,25-/m0/s1. The first-order valence-corrected chi connectivity index (χ1v) is 11.3. The molecule has 0 aliphatic heterocycles. The van der Waals surface area contributed by atoms with E-state index >= 15 is 0 Å². The van der Waals surface area contributed by atoms with E-state index in [0.717, 1.165) is 19.3 Å². The molecule has 10 atom stereocenters. The van der Waals surface area contributed by atoms with Gasteiger partial charge in [-0.3, -0.25) is 9.59 Å². The van der Waals surface area contributed by atoms with Crippen molar-refractivity contribution >= 4 is 11.6 Å². The molecule has 0 heterocycles. The lowest BCUT2D eigenvalue weighted by atomic mass is 9.35. The van der Waals surface area contributed by atoms with Crippen LogP contribution in [0.15, 0.2) is 11.6 Å². The zero-order valence-corrected chi connectivity index (χ0v) is 18.7. The van der Waals surface area contributed by atoms with Crippen molar-refractivity contribution < 1.29 is 14.7 Å². The third-order valence-corrected chi connectivity index (χ3v) is 10.6. The van der Waals surface area contributed by atoms with Crippen molar-refractivity contribution in [3.63, 3.8) is 0 Å². The van der Waals surface area contributed by atoms with Gasteiger partial charge in [0.15, 0.2) is 5.78 Å². The minimum atomic E-state index is -0.507. The summed E-state index contributed by atoms with van der Waals surface area (Å²) in [5.41, 5.74) is 1.34. The highest BCUT2D eigenvalue weighted by molar-refractivity contribution is 5.92. The van der Waals surface area contributed by atoms with Crippen molar-refractivity contribution in [1.29, 1.82) is 0 Å². The third kappa shape index (κ3) is 2.20. The van der Waals surface area contributed by atoms with Crippen molar-refractivity contribution in [2.75, 3.05) is 0 Å². The maximum atomic E-state index is 12.5. The number of carbonyl (C=O) groups is 2. The van der Waals surface area contributed by atoms with E-state index in [0.29, 0.717) is 36.0 Å². The monoisotopic (exact) mass is 386 g/mol. The molecule has 0 saturated heterocycles. The molecule has 4 aliphatic carbocycles. The maximum absolute atomic E-state index is 12.5. The molecule has 28 heavy (non-hydrogen) atoms. The van der Waals surface area contributed by atoms with E-state index in [-0.39, 0.29) is 33.7 Å². The summed E-state index contributed by atoms with van der Waals surface area (Å²) in [5.74, 6) is 2.24. The number of rotatable bonds is 1. The first kappa shape index (κ1) is 20.3. The molecule has 3 saturated carbocycles. The summed E-state index contributed by atoms with van der Waals surface area (Å²) in [7, 11) is 0. The van der Waals surface area contributed by atoms with E-state index < -0.39 is 6.10 Å². The quantitative estimate of drug-likeness (QED) is 0.703. The second kappa shape index (κ2) is 6.03. The average Bonchev–Trinajstić information content (AvgIpc) is 2.83. The molecule has 0 amide bonds. The molecule has 3 nitrogen and oxygen atoms in total. The SMILES string of the molecule is CC(=O)[C@H]1C(O)CC2C3C[C@H](C)C4=CC(=O)CC(C)[C@]4(C)[C@@]3(C)[C@@H](C)C[C@@]21C. The Morgan fingerprint density at radius 2 is 1.71 bits per heavy atom. The average molecular weight is 387 g/mol. The van der Waals surface area contributed by atoms with Crippen LogP contribution in [0.5, 0.6) is 0 Å². The molecule has 0 aromatic rings. The minimum absolute atomic E-state index is 0.00323. The Kier molecular flexibility index (Phi) is 4.37. The largest absolute Gasteiger partial charge is 0.392 e. The van der Waals surface area contributed by atoms with E-state index in [9.17, 15) is 14.7 Å². The van der Waals surface area contributed by atoms with Gasteiger partial charge in [0.2, 0.25) is 0 Å². The summed E-state index contributed by atoms with van der Waals surface area (Å²) in [6.07, 6.45) is 4.93. The van der Waals surface area contributed by atoms with Gasteiger partial charge < -0.3 is 5.11 Å². The maximum Gasteiger partial charge on any atom is 0.155 e. The fourth-order valence-corrected chi connectivity index (χ4v) is 9.11. The summed E-state index contributed by atoms with van der Waals surface area (Å²) in [6.45, 7) is 15.8. The predicted octanol–water partition coefficient (Wildman–Crippen LogP) is 4.82. The number of hydrogen-bond acceptors (Lipinski definition) is 3. The number of hydrogen-bond donors (Lipinski definition) is 1. The Balaban J connectivity index is 1.87. The number of allylic oxidation sites excluding steroid dienone is 1. The predicted molar refractivity (Wildman–Crippen MR) is 111 cm³/mol. The minimum Gasteiger partial charge on any atom is -0.392 e. The second-order valence-electron chi connectivity index (χ2n) is 11.5. The van der Waals surface area contributed by atoms with Crippen LogP contribution in [0.3, 0.4) is 0 Å². The molecule has 3 fully saturated rings. The highest BCUT2D eigenvalue weighted by atomic mass is 16.3. The van der Waals surface area contributed by atoms with E-state index in [1.165, 1.54) is 5.57 Å². The summed E-state index contributed by atoms with van der Waals surface area (Å²) < 4.78 is 0. The number of aliphatic hydroxyl groups excluding tert-OH is 1. The first-order valence-electron chi connectivity index (χ1n) is 11.3. The lowest BCUT2D eigenvalue weighted by Gasteiger charge is -2.69. The van der Waals surface area contributed by atoms with Crippen molar-refractivity contribution in [3.8, 4) is 0 Å². The van der Waals surface area contributed by atoms with Crippen LogP contribution in [-0.4, -0.2) is 22.8 Å². The molecule has 3 heteroatoms. The van der Waals surface area contributed by atoms with Crippen LogP contribution in [0.4, 0.5) is 0 Å². The van der Waals surface area contributed by atoms with Crippen LogP contribution in [-0.2, 0) is 9.59 Å². The molecule has 0 radical (unpaired) electrons. The highest BCUT2D eigenvalue weighted by Crippen LogP contribution is 2.74. The summed E-state index contributed by atoms with van der Waals surface area (Å²) in [5, 5.41) is 10.9. The number of Topliss-reactive ketones (excluding diaryl/α,β-unsaturated/α-hetero) is 1. The van der Waals surface area contributed by atoms with Gasteiger partial charge in [-0.25, -0.2) is 0 Å². The number of fused-ring (bicyclic) bond motifs is 5. The lowest BCUT2D eigenvalue weighted by Crippen LogP contribution is -2.64. The molecule has 4 rings (SSSR count). The van der Waals surface area contributed by atoms with Crippen LogP contribution in [0.25, 0.3) is 0 Å². The van der Waals surface area contributed by atoms with Gasteiger partial charge in [-0.1, -0.05) is 47.1 Å². The molecule has 0 aromatic heterocycles. The Hall–Kier alpha value is -0.960. The molecule has 156 valence electrons. The second-order valence-corrected chi connectivity index (χ2v) is 11.5. The van der Waals surface area contributed by atoms with Gasteiger partial charge in [-0.05, 0) is 78.1 Å². The molecule has 0 bridgehead atoms. The van der Waals surface area contributed by atoms with Crippen molar-refractivity contribution in [2.24, 2.45) is 51.8 Å². The fraction of sp³-hybridized carbons (Fsp3) is 0.840. The Morgan fingerprint density at radius 3 is 2.32 bits per heavy atom. The van der Waals surface area contributed by atoms with Crippen molar-refractivity contribution in [1.82, 2.24) is 0 Å². The van der Waals surface area contributed by atoms with E-state index in [4.69, 9.17) is 0 Å². The van der Waals surface area contributed by atoms with Gasteiger partial charge in [-0.2, -0.15) is 0 Å². The highest BCUT2D eigenvalue weighted by Gasteiger charge is 2.70. The number of ketones is 2. The Labute approximate surface area is 170 Å².